The Morgan fingerprint density at radius 3 is 2.71 bits per heavy atom. The Kier molecular flexibility index (Phi) is 7.08. The van der Waals surface area contributed by atoms with Crippen LogP contribution in [-0.2, 0) is 11.2 Å². The molecule has 1 N–H and O–H groups in total. The molecule has 2 heterocycles. The van der Waals surface area contributed by atoms with Crippen LogP contribution in [0.15, 0.2) is 65.8 Å². The zero-order valence-electron chi connectivity index (χ0n) is 17.7. The lowest BCUT2D eigenvalue weighted by Crippen LogP contribution is -2.36. The first-order valence-electron chi connectivity index (χ1n) is 10.5. The van der Waals surface area contributed by atoms with Crippen molar-refractivity contribution >= 4 is 17.9 Å². The quantitative estimate of drug-likeness (QED) is 0.445. The fraction of sp³-hybridized carbons (Fsp3) is 0.292. The second kappa shape index (κ2) is 10.5. The number of nitrogens with one attached hydrogen (secondary N) is 1. The third kappa shape index (κ3) is 6.26. The van der Waals surface area contributed by atoms with Crippen molar-refractivity contribution in [3.8, 4) is 6.01 Å². The summed E-state index contributed by atoms with van der Waals surface area (Å²) in [7, 11) is 0. The van der Waals surface area contributed by atoms with Gasteiger partial charge >= 0.3 is 6.01 Å². The minimum Gasteiger partial charge on any atom is -0.463 e. The Morgan fingerprint density at radius 2 is 1.90 bits per heavy atom. The van der Waals surface area contributed by atoms with E-state index in [0.717, 1.165) is 30.9 Å². The predicted molar refractivity (Wildman–Crippen MR) is 123 cm³/mol. The summed E-state index contributed by atoms with van der Waals surface area (Å²) in [6, 6.07) is 20.6. The number of benzene rings is 2. The highest BCUT2D eigenvalue weighted by Gasteiger charge is 2.15. The van der Waals surface area contributed by atoms with E-state index >= 15 is 0 Å². The monoisotopic (exact) mass is 417 g/mol. The second-order valence-corrected chi connectivity index (χ2v) is 7.36. The smallest absolute Gasteiger partial charge is 0.320 e. The van der Waals surface area contributed by atoms with Crippen LogP contribution in [0.2, 0.25) is 0 Å². The van der Waals surface area contributed by atoms with Gasteiger partial charge in [0.15, 0.2) is 5.82 Å². The van der Waals surface area contributed by atoms with Crippen LogP contribution < -0.4 is 15.1 Å². The summed E-state index contributed by atoms with van der Waals surface area (Å²) in [5, 5.41) is 4.34. The molecule has 1 aliphatic heterocycles. The molecule has 0 saturated carbocycles. The minimum absolute atomic E-state index is 0.341. The molecule has 4 rings (SSSR count). The molecule has 0 spiro atoms. The Labute approximate surface area is 182 Å². The van der Waals surface area contributed by atoms with Gasteiger partial charge in [0.25, 0.3) is 0 Å². The summed E-state index contributed by atoms with van der Waals surface area (Å²) < 4.78 is 11.4. The molecule has 0 unspecified atom stereocenters. The van der Waals surface area contributed by atoms with Crippen LogP contribution in [0, 0.1) is 6.92 Å². The van der Waals surface area contributed by atoms with Gasteiger partial charge in [-0.25, -0.2) is 0 Å². The molecule has 1 aliphatic rings. The Hall–Kier alpha value is -3.45. The summed E-state index contributed by atoms with van der Waals surface area (Å²) in [6.07, 6.45) is 2.57. The molecule has 0 radical (unpaired) electrons. The first-order valence-corrected chi connectivity index (χ1v) is 10.5. The van der Waals surface area contributed by atoms with E-state index < -0.39 is 0 Å². The van der Waals surface area contributed by atoms with Crippen molar-refractivity contribution < 1.29 is 9.47 Å². The van der Waals surface area contributed by atoms with Gasteiger partial charge < -0.3 is 14.4 Å². The maximum Gasteiger partial charge on any atom is 0.320 e. The SMILES string of the molecule is Cc1cccc(/C=N/Nc2cc(N3CCOCC3)nc(OCCc3ccccc3)n2)c1. The van der Waals surface area contributed by atoms with Crippen molar-refractivity contribution in [3.63, 3.8) is 0 Å². The van der Waals surface area contributed by atoms with Gasteiger partial charge in [-0.05, 0) is 18.1 Å². The fourth-order valence-electron chi connectivity index (χ4n) is 3.32. The van der Waals surface area contributed by atoms with Crippen LogP contribution in [-0.4, -0.2) is 49.1 Å². The van der Waals surface area contributed by atoms with E-state index in [9.17, 15) is 0 Å². The van der Waals surface area contributed by atoms with Crippen molar-refractivity contribution in [2.75, 3.05) is 43.2 Å². The molecule has 0 bridgehead atoms. The standard InChI is InChI=1S/C24H27N5O2/c1-19-6-5-9-21(16-19)18-25-28-22-17-23(29-11-14-30-15-12-29)27-24(26-22)31-13-10-20-7-3-2-4-8-20/h2-9,16-18H,10-15H2,1H3,(H,26,27,28)/b25-18+. The number of rotatable bonds is 8. The lowest BCUT2D eigenvalue weighted by molar-refractivity contribution is 0.122. The number of ether oxygens (including phenoxy) is 2. The number of hydrogen-bond donors (Lipinski definition) is 1. The fourth-order valence-corrected chi connectivity index (χ4v) is 3.32. The normalized spacial score (nSPS) is 14.0. The molecule has 31 heavy (non-hydrogen) atoms. The van der Waals surface area contributed by atoms with E-state index in [4.69, 9.17) is 9.47 Å². The first-order chi connectivity index (χ1) is 15.3. The third-order valence-electron chi connectivity index (χ3n) is 4.93. The van der Waals surface area contributed by atoms with Crippen LogP contribution in [0.25, 0.3) is 0 Å². The van der Waals surface area contributed by atoms with Gasteiger partial charge in [0.05, 0.1) is 26.0 Å². The van der Waals surface area contributed by atoms with E-state index in [0.29, 0.717) is 31.6 Å². The van der Waals surface area contributed by atoms with E-state index in [1.807, 2.05) is 36.4 Å². The molecule has 0 atom stereocenters. The van der Waals surface area contributed by atoms with Crippen molar-refractivity contribution in [3.05, 3.63) is 77.4 Å². The Bertz CT molecular complexity index is 1000. The highest BCUT2D eigenvalue weighted by molar-refractivity contribution is 5.80. The predicted octanol–water partition coefficient (Wildman–Crippen LogP) is 3.69. The second-order valence-electron chi connectivity index (χ2n) is 7.36. The summed E-state index contributed by atoms with van der Waals surface area (Å²) in [5.74, 6) is 1.40. The van der Waals surface area contributed by atoms with Gasteiger partial charge in [-0.15, -0.1) is 0 Å². The highest BCUT2D eigenvalue weighted by Crippen LogP contribution is 2.21. The molecule has 7 nitrogen and oxygen atoms in total. The summed E-state index contributed by atoms with van der Waals surface area (Å²) >= 11 is 0. The lowest BCUT2D eigenvalue weighted by atomic mass is 10.2. The minimum atomic E-state index is 0.341. The number of morpholine rings is 1. The van der Waals surface area contributed by atoms with E-state index in [-0.39, 0.29) is 0 Å². The van der Waals surface area contributed by atoms with E-state index in [1.54, 1.807) is 6.21 Å². The van der Waals surface area contributed by atoms with Crippen LogP contribution in [0.5, 0.6) is 6.01 Å². The maximum atomic E-state index is 5.89. The van der Waals surface area contributed by atoms with Gasteiger partial charge in [0.1, 0.15) is 5.82 Å². The number of hydrazone groups is 1. The van der Waals surface area contributed by atoms with Crippen LogP contribution >= 0.6 is 0 Å². The molecular formula is C24H27N5O2. The van der Waals surface area contributed by atoms with E-state index in [1.165, 1.54) is 11.1 Å². The molecule has 1 aromatic heterocycles. The van der Waals surface area contributed by atoms with Gasteiger partial charge in [0.2, 0.25) is 0 Å². The number of nitrogens with zero attached hydrogens (tertiary/aromatic N) is 4. The molecule has 1 fully saturated rings. The maximum absolute atomic E-state index is 5.89. The van der Waals surface area contributed by atoms with Crippen molar-refractivity contribution in [2.45, 2.75) is 13.3 Å². The van der Waals surface area contributed by atoms with Crippen molar-refractivity contribution in [2.24, 2.45) is 5.10 Å². The molecule has 0 aliphatic carbocycles. The average molecular weight is 418 g/mol. The van der Waals surface area contributed by atoms with Crippen LogP contribution in [0.1, 0.15) is 16.7 Å². The largest absolute Gasteiger partial charge is 0.463 e. The number of hydrogen-bond acceptors (Lipinski definition) is 7. The van der Waals surface area contributed by atoms with Gasteiger partial charge in [0, 0.05) is 25.6 Å². The Balaban J connectivity index is 1.46. The van der Waals surface area contributed by atoms with Crippen LogP contribution in [0.4, 0.5) is 11.6 Å². The summed E-state index contributed by atoms with van der Waals surface area (Å²) in [4.78, 5) is 11.3. The number of aryl methyl sites for hydroxylation is 1. The van der Waals surface area contributed by atoms with Gasteiger partial charge in [-0.2, -0.15) is 15.1 Å². The number of aromatic nitrogens is 2. The van der Waals surface area contributed by atoms with Gasteiger partial charge in [-0.1, -0.05) is 60.2 Å². The molecule has 3 aromatic rings. The summed E-state index contributed by atoms with van der Waals surface area (Å²) in [6.45, 7) is 5.50. The molecule has 7 heteroatoms. The lowest BCUT2D eigenvalue weighted by Gasteiger charge is -2.28. The van der Waals surface area contributed by atoms with Crippen molar-refractivity contribution in [1.29, 1.82) is 0 Å². The van der Waals surface area contributed by atoms with Crippen molar-refractivity contribution in [1.82, 2.24) is 9.97 Å². The third-order valence-corrected chi connectivity index (χ3v) is 4.93. The molecule has 2 aromatic carbocycles. The average Bonchev–Trinajstić information content (AvgIpc) is 2.80. The van der Waals surface area contributed by atoms with Gasteiger partial charge in [-0.3, -0.25) is 5.43 Å². The summed E-state index contributed by atoms with van der Waals surface area (Å²) in [5.41, 5.74) is 6.45. The Morgan fingerprint density at radius 1 is 1.06 bits per heavy atom. The molecular weight excluding hydrogens is 390 g/mol. The molecule has 0 amide bonds. The van der Waals surface area contributed by atoms with Crippen LogP contribution in [0.3, 0.4) is 0 Å². The first kappa shape index (κ1) is 20.8. The number of anilines is 2. The van der Waals surface area contributed by atoms with E-state index in [2.05, 4.69) is 56.6 Å². The zero-order valence-corrected chi connectivity index (χ0v) is 17.7. The zero-order chi connectivity index (χ0) is 21.3. The molecule has 160 valence electrons. The molecule has 1 saturated heterocycles. The topological polar surface area (TPSA) is 71.9 Å². The highest BCUT2D eigenvalue weighted by atomic mass is 16.5.